The Morgan fingerprint density at radius 2 is 2.27 bits per heavy atom. The molecule has 0 aliphatic carbocycles. The van der Waals surface area contributed by atoms with Crippen LogP contribution in [-0.2, 0) is 18.2 Å². The van der Waals surface area contributed by atoms with E-state index in [0.717, 1.165) is 44.5 Å². The maximum Gasteiger partial charge on any atom is 0.188 e. The molecule has 0 amide bonds. The maximum absolute atomic E-state index is 5.86. The Balaban J connectivity index is 0.00000242. The van der Waals surface area contributed by atoms with Gasteiger partial charge in [0.05, 0.1) is 18.3 Å². The van der Waals surface area contributed by atoms with Gasteiger partial charge in [-0.1, -0.05) is 0 Å². The van der Waals surface area contributed by atoms with Gasteiger partial charge in [-0.25, -0.2) is 0 Å². The molecule has 1 aromatic heterocycles. The summed E-state index contributed by atoms with van der Waals surface area (Å²) in [6, 6.07) is 0. The summed E-state index contributed by atoms with van der Waals surface area (Å²) < 4.78 is 7.46. The van der Waals surface area contributed by atoms with Gasteiger partial charge in [-0.2, -0.15) is 5.10 Å². The highest BCUT2D eigenvalue weighted by Crippen LogP contribution is 2.13. The molecule has 126 valence electrons. The first-order chi connectivity index (χ1) is 10.1. The number of nitrogens with two attached hydrogens (primary N) is 1. The summed E-state index contributed by atoms with van der Waals surface area (Å²) in [7, 11) is 1.99. The predicted molar refractivity (Wildman–Crippen MR) is 99.9 cm³/mol. The number of aromatic nitrogens is 2. The molecule has 1 saturated heterocycles. The molecule has 6 nitrogen and oxygen atoms in total. The molecule has 7 heteroatoms. The van der Waals surface area contributed by atoms with Gasteiger partial charge >= 0.3 is 0 Å². The zero-order chi connectivity index (χ0) is 15.2. The zero-order valence-corrected chi connectivity index (χ0v) is 16.1. The minimum Gasteiger partial charge on any atom is -0.376 e. The summed E-state index contributed by atoms with van der Waals surface area (Å²) in [5, 5.41) is 7.60. The van der Waals surface area contributed by atoms with Crippen molar-refractivity contribution in [1.82, 2.24) is 15.1 Å². The van der Waals surface area contributed by atoms with Crippen LogP contribution in [0.5, 0.6) is 0 Å². The molecule has 22 heavy (non-hydrogen) atoms. The third kappa shape index (κ3) is 5.42. The highest BCUT2D eigenvalue weighted by atomic mass is 127. The fourth-order valence-electron chi connectivity index (χ4n) is 2.71. The molecule has 1 atom stereocenters. The van der Waals surface area contributed by atoms with Gasteiger partial charge in [0.15, 0.2) is 5.96 Å². The van der Waals surface area contributed by atoms with Gasteiger partial charge < -0.3 is 15.8 Å². The van der Waals surface area contributed by atoms with E-state index in [2.05, 4.69) is 29.3 Å². The molecule has 1 aliphatic rings. The Bertz CT molecular complexity index is 494. The quantitative estimate of drug-likeness (QED) is 0.317. The fourth-order valence-corrected chi connectivity index (χ4v) is 2.71. The second-order valence-corrected chi connectivity index (χ2v) is 5.66. The highest BCUT2D eigenvalue weighted by molar-refractivity contribution is 14.0. The lowest BCUT2D eigenvalue weighted by Gasteiger charge is -2.08. The van der Waals surface area contributed by atoms with Crippen molar-refractivity contribution in [2.45, 2.75) is 45.6 Å². The van der Waals surface area contributed by atoms with Gasteiger partial charge in [0.1, 0.15) is 0 Å². The Morgan fingerprint density at radius 3 is 2.86 bits per heavy atom. The largest absolute Gasteiger partial charge is 0.376 e. The number of hydrogen-bond donors (Lipinski definition) is 2. The summed E-state index contributed by atoms with van der Waals surface area (Å²) in [6.07, 6.45) is 4.51. The van der Waals surface area contributed by atoms with Crippen LogP contribution in [-0.4, -0.2) is 41.5 Å². The molecule has 0 aromatic carbocycles. The third-order valence-corrected chi connectivity index (χ3v) is 4.06. The van der Waals surface area contributed by atoms with Crippen LogP contribution in [0.25, 0.3) is 0 Å². The van der Waals surface area contributed by atoms with Crippen molar-refractivity contribution in [2.75, 3.05) is 19.7 Å². The second-order valence-electron chi connectivity index (χ2n) is 5.66. The van der Waals surface area contributed by atoms with Crippen molar-refractivity contribution in [3.05, 3.63) is 17.0 Å². The van der Waals surface area contributed by atoms with Crippen LogP contribution in [0.3, 0.4) is 0 Å². The summed E-state index contributed by atoms with van der Waals surface area (Å²) in [4.78, 5) is 4.33. The average Bonchev–Trinajstić information content (AvgIpc) is 3.04. The van der Waals surface area contributed by atoms with Gasteiger partial charge in [-0.3, -0.25) is 9.67 Å². The van der Waals surface area contributed by atoms with Crippen LogP contribution in [0.4, 0.5) is 0 Å². The average molecular weight is 421 g/mol. The second kappa shape index (κ2) is 9.34. The van der Waals surface area contributed by atoms with E-state index in [0.29, 0.717) is 12.5 Å². The number of ether oxygens (including phenoxy) is 1. The molecular formula is C15H28IN5O. The number of rotatable bonds is 6. The fraction of sp³-hybridized carbons (Fsp3) is 0.733. The van der Waals surface area contributed by atoms with Crippen molar-refractivity contribution < 1.29 is 4.74 Å². The number of aryl methyl sites for hydroxylation is 2. The van der Waals surface area contributed by atoms with E-state index in [9.17, 15) is 0 Å². The third-order valence-electron chi connectivity index (χ3n) is 4.06. The van der Waals surface area contributed by atoms with Crippen LogP contribution >= 0.6 is 24.0 Å². The minimum absolute atomic E-state index is 0. The number of hydrogen-bond acceptors (Lipinski definition) is 3. The first-order valence-electron chi connectivity index (χ1n) is 7.72. The Hall–Kier alpha value is -0.830. The monoisotopic (exact) mass is 421 g/mol. The van der Waals surface area contributed by atoms with E-state index in [1.807, 2.05) is 11.7 Å². The Kier molecular flexibility index (Phi) is 8.16. The molecule has 2 rings (SSSR count). The normalized spacial score (nSPS) is 18.3. The lowest BCUT2D eigenvalue weighted by atomic mass is 10.1. The number of nitrogens with one attached hydrogen (secondary N) is 1. The number of halogens is 1. The van der Waals surface area contributed by atoms with E-state index < -0.39 is 0 Å². The number of nitrogens with zero attached hydrogens (tertiary/aromatic N) is 3. The van der Waals surface area contributed by atoms with Crippen molar-refractivity contribution in [3.8, 4) is 0 Å². The highest BCUT2D eigenvalue weighted by Gasteiger charge is 2.14. The van der Waals surface area contributed by atoms with Gasteiger partial charge in [0, 0.05) is 25.9 Å². The Morgan fingerprint density at radius 1 is 1.50 bits per heavy atom. The van der Waals surface area contributed by atoms with Gasteiger partial charge in [-0.15, -0.1) is 24.0 Å². The molecule has 0 spiro atoms. The first kappa shape index (κ1) is 19.2. The first-order valence-corrected chi connectivity index (χ1v) is 7.72. The van der Waals surface area contributed by atoms with E-state index in [4.69, 9.17) is 10.5 Å². The van der Waals surface area contributed by atoms with Gasteiger partial charge in [0.2, 0.25) is 0 Å². The minimum atomic E-state index is 0. The van der Waals surface area contributed by atoms with Crippen molar-refractivity contribution >= 4 is 29.9 Å². The number of guanidine groups is 1. The van der Waals surface area contributed by atoms with Gasteiger partial charge in [0.25, 0.3) is 0 Å². The summed E-state index contributed by atoms with van der Waals surface area (Å²) >= 11 is 0. The van der Waals surface area contributed by atoms with Crippen molar-refractivity contribution in [3.63, 3.8) is 0 Å². The Labute approximate surface area is 149 Å². The summed E-state index contributed by atoms with van der Waals surface area (Å²) in [5.41, 5.74) is 9.57. The van der Waals surface area contributed by atoms with E-state index in [1.165, 1.54) is 11.3 Å². The van der Waals surface area contributed by atoms with Crippen LogP contribution in [0.2, 0.25) is 0 Å². The van der Waals surface area contributed by atoms with E-state index >= 15 is 0 Å². The molecular weight excluding hydrogens is 393 g/mol. The van der Waals surface area contributed by atoms with Crippen LogP contribution < -0.4 is 11.1 Å². The number of aliphatic imine (C=N–C) groups is 1. The van der Waals surface area contributed by atoms with Crippen LogP contribution in [0.1, 0.15) is 36.2 Å². The summed E-state index contributed by atoms with van der Waals surface area (Å²) in [6.45, 7) is 6.53. The predicted octanol–water partition coefficient (Wildman–Crippen LogP) is 1.67. The molecule has 1 fully saturated rings. The smallest absolute Gasteiger partial charge is 0.188 e. The topological polar surface area (TPSA) is 77.5 Å². The molecule has 2 heterocycles. The lowest BCUT2D eigenvalue weighted by Crippen LogP contribution is -2.33. The molecule has 0 saturated carbocycles. The van der Waals surface area contributed by atoms with Crippen molar-refractivity contribution in [2.24, 2.45) is 17.8 Å². The standard InChI is InChI=1S/C15H27N5O.HI/c1-11-14(12(2)20(3)19-11)7-4-8-17-15(16)18-10-13-6-5-9-21-13;/h13H,4-10H2,1-3H3,(H3,16,17,18);1H. The van der Waals surface area contributed by atoms with Crippen LogP contribution in [0.15, 0.2) is 4.99 Å². The van der Waals surface area contributed by atoms with E-state index in [-0.39, 0.29) is 30.1 Å². The summed E-state index contributed by atoms with van der Waals surface area (Å²) in [5.74, 6) is 0.519. The molecule has 1 unspecified atom stereocenters. The molecule has 3 N–H and O–H groups in total. The zero-order valence-electron chi connectivity index (χ0n) is 13.8. The SMILES string of the molecule is Cc1nn(C)c(C)c1CCCNC(N)=NCC1CCCO1.I. The molecule has 1 aliphatic heterocycles. The lowest BCUT2D eigenvalue weighted by molar-refractivity contribution is 0.118. The van der Waals surface area contributed by atoms with Crippen molar-refractivity contribution in [1.29, 1.82) is 0 Å². The van der Waals surface area contributed by atoms with Gasteiger partial charge in [-0.05, 0) is 45.1 Å². The maximum atomic E-state index is 5.86. The molecule has 0 bridgehead atoms. The molecule has 0 radical (unpaired) electrons. The molecule has 1 aromatic rings. The van der Waals surface area contributed by atoms with E-state index in [1.54, 1.807) is 0 Å². The van der Waals surface area contributed by atoms with Crippen LogP contribution in [0, 0.1) is 13.8 Å².